The molecule has 1 aromatic carbocycles. The van der Waals surface area contributed by atoms with Gasteiger partial charge in [0, 0.05) is 6.61 Å². The van der Waals surface area contributed by atoms with Gasteiger partial charge in [-0.3, -0.25) is 4.72 Å². The number of hydrogen-bond donors (Lipinski definition) is 2. The van der Waals surface area contributed by atoms with Crippen molar-refractivity contribution >= 4 is 33.0 Å². The minimum atomic E-state index is -3.41. The summed E-state index contributed by atoms with van der Waals surface area (Å²) in [7, 11) is -3.41. The highest BCUT2D eigenvalue weighted by atomic mass is 35.5. The zero-order valence-corrected chi connectivity index (χ0v) is 11.0. The second kappa shape index (κ2) is 6.09. The Labute approximate surface area is 106 Å². The van der Waals surface area contributed by atoms with Gasteiger partial charge in [0.25, 0.3) is 0 Å². The van der Waals surface area contributed by atoms with Crippen LogP contribution in [0.5, 0.6) is 0 Å². The highest BCUT2D eigenvalue weighted by Crippen LogP contribution is 2.23. The molecule has 0 saturated heterocycles. The van der Waals surface area contributed by atoms with Crippen LogP contribution < -0.4 is 10.5 Å². The van der Waals surface area contributed by atoms with Gasteiger partial charge >= 0.3 is 0 Å². The minimum Gasteiger partial charge on any atom is -0.398 e. The molecule has 0 atom stereocenters. The van der Waals surface area contributed by atoms with Crippen LogP contribution in [-0.4, -0.2) is 27.4 Å². The molecule has 7 heteroatoms. The molecule has 0 amide bonds. The maximum absolute atomic E-state index is 11.6. The average molecular weight is 279 g/mol. The zero-order chi connectivity index (χ0) is 12.9. The summed E-state index contributed by atoms with van der Waals surface area (Å²) in [6.45, 7) is 2.46. The van der Waals surface area contributed by atoms with Crippen LogP contribution in [0.15, 0.2) is 18.2 Å². The predicted octanol–water partition coefficient (Wildman–Crippen LogP) is 1.70. The SMILES string of the molecule is CCOCCS(=O)(=O)Nc1ccc(N)c(Cl)c1. The summed E-state index contributed by atoms with van der Waals surface area (Å²) in [5.74, 6) is -0.0944. The Hall–Kier alpha value is -0.980. The summed E-state index contributed by atoms with van der Waals surface area (Å²) < 4.78 is 30.6. The van der Waals surface area contributed by atoms with Gasteiger partial charge in [-0.2, -0.15) is 0 Å². The Bertz CT molecular complexity index is 476. The number of nitrogen functional groups attached to an aromatic ring is 1. The molecule has 0 radical (unpaired) electrons. The van der Waals surface area contributed by atoms with Crippen molar-refractivity contribution in [2.75, 3.05) is 29.4 Å². The third-order valence-electron chi connectivity index (χ3n) is 1.97. The third-order valence-corrected chi connectivity index (χ3v) is 3.55. The fourth-order valence-corrected chi connectivity index (χ4v) is 2.24. The molecule has 3 N–H and O–H groups in total. The van der Waals surface area contributed by atoms with Crippen LogP contribution in [0.1, 0.15) is 6.92 Å². The smallest absolute Gasteiger partial charge is 0.235 e. The maximum atomic E-state index is 11.6. The van der Waals surface area contributed by atoms with E-state index in [2.05, 4.69) is 4.72 Å². The number of nitrogens with one attached hydrogen (secondary N) is 1. The van der Waals surface area contributed by atoms with Crippen molar-refractivity contribution < 1.29 is 13.2 Å². The standard InChI is InChI=1S/C10H15ClN2O3S/c1-2-16-5-6-17(14,15)13-8-3-4-10(12)9(11)7-8/h3-4,7,13H,2,5-6,12H2,1H3. The maximum Gasteiger partial charge on any atom is 0.235 e. The number of hydrogen-bond acceptors (Lipinski definition) is 4. The first-order chi connectivity index (χ1) is 7.94. The summed E-state index contributed by atoms with van der Waals surface area (Å²) in [6, 6.07) is 4.57. The van der Waals surface area contributed by atoms with Crippen LogP contribution in [-0.2, 0) is 14.8 Å². The lowest BCUT2D eigenvalue weighted by molar-refractivity contribution is 0.163. The summed E-state index contributed by atoms with van der Waals surface area (Å²) in [4.78, 5) is 0. The van der Waals surface area contributed by atoms with Crippen molar-refractivity contribution in [3.8, 4) is 0 Å². The fraction of sp³-hybridized carbons (Fsp3) is 0.400. The number of sulfonamides is 1. The molecule has 0 spiro atoms. The molecule has 0 fully saturated rings. The third kappa shape index (κ3) is 4.80. The highest BCUT2D eigenvalue weighted by Gasteiger charge is 2.10. The molecule has 1 rings (SSSR count). The predicted molar refractivity (Wildman–Crippen MR) is 69.8 cm³/mol. The second-order valence-electron chi connectivity index (χ2n) is 3.35. The quantitative estimate of drug-likeness (QED) is 0.613. The van der Waals surface area contributed by atoms with Gasteiger partial charge in [-0.15, -0.1) is 0 Å². The minimum absolute atomic E-state index is 0.0944. The second-order valence-corrected chi connectivity index (χ2v) is 5.60. The van der Waals surface area contributed by atoms with Crippen molar-refractivity contribution in [3.63, 3.8) is 0 Å². The molecular weight excluding hydrogens is 264 g/mol. The molecule has 17 heavy (non-hydrogen) atoms. The van der Waals surface area contributed by atoms with Crippen molar-refractivity contribution in [1.82, 2.24) is 0 Å². The summed E-state index contributed by atoms with van der Waals surface area (Å²) >= 11 is 5.78. The zero-order valence-electron chi connectivity index (χ0n) is 9.44. The summed E-state index contributed by atoms with van der Waals surface area (Å²) in [5.41, 5.74) is 6.32. The van der Waals surface area contributed by atoms with E-state index >= 15 is 0 Å². The first kappa shape index (κ1) is 14.1. The van der Waals surface area contributed by atoms with Gasteiger partial charge in [0.15, 0.2) is 0 Å². The lowest BCUT2D eigenvalue weighted by Crippen LogP contribution is -2.20. The summed E-state index contributed by atoms with van der Waals surface area (Å²) in [6.07, 6.45) is 0. The monoisotopic (exact) mass is 278 g/mol. The van der Waals surface area contributed by atoms with E-state index in [1.807, 2.05) is 0 Å². The molecule has 0 saturated carbocycles. The Kier molecular flexibility index (Phi) is 5.04. The topological polar surface area (TPSA) is 81.4 Å². The number of nitrogens with two attached hydrogens (primary N) is 1. The number of benzene rings is 1. The normalized spacial score (nSPS) is 11.4. The van der Waals surface area contributed by atoms with Crippen LogP contribution in [0, 0.1) is 0 Å². The summed E-state index contributed by atoms with van der Waals surface area (Å²) in [5, 5.41) is 0.315. The van der Waals surface area contributed by atoms with Gasteiger partial charge in [0.1, 0.15) is 0 Å². The van der Waals surface area contributed by atoms with E-state index in [1.54, 1.807) is 19.1 Å². The van der Waals surface area contributed by atoms with Crippen molar-refractivity contribution in [2.45, 2.75) is 6.92 Å². The van der Waals surface area contributed by atoms with Crippen molar-refractivity contribution in [3.05, 3.63) is 23.2 Å². The van der Waals surface area contributed by atoms with Crippen LogP contribution in [0.2, 0.25) is 5.02 Å². The van der Waals surface area contributed by atoms with Gasteiger partial charge in [-0.1, -0.05) is 11.6 Å². The largest absolute Gasteiger partial charge is 0.398 e. The fourth-order valence-electron chi connectivity index (χ4n) is 1.13. The van der Waals surface area contributed by atoms with Crippen LogP contribution in [0.3, 0.4) is 0 Å². The van der Waals surface area contributed by atoms with E-state index in [0.717, 1.165) is 0 Å². The van der Waals surface area contributed by atoms with Crippen molar-refractivity contribution in [2.24, 2.45) is 0 Å². The van der Waals surface area contributed by atoms with E-state index in [9.17, 15) is 8.42 Å². The molecule has 0 aliphatic heterocycles. The van der Waals surface area contributed by atoms with Crippen LogP contribution in [0.25, 0.3) is 0 Å². The van der Waals surface area contributed by atoms with Gasteiger partial charge in [-0.25, -0.2) is 8.42 Å². The van der Waals surface area contributed by atoms with E-state index in [4.69, 9.17) is 22.1 Å². The highest BCUT2D eigenvalue weighted by molar-refractivity contribution is 7.92. The Morgan fingerprint density at radius 2 is 2.18 bits per heavy atom. The lowest BCUT2D eigenvalue weighted by Gasteiger charge is -2.09. The number of halogens is 1. The van der Waals surface area contributed by atoms with Gasteiger partial charge < -0.3 is 10.5 Å². The number of rotatable bonds is 6. The molecule has 5 nitrogen and oxygen atoms in total. The molecule has 96 valence electrons. The lowest BCUT2D eigenvalue weighted by atomic mass is 10.3. The first-order valence-electron chi connectivity index (χ1n) is 5.08. The van der Waals surface area contributed by atoms with E-state index in [0.29, 0.717) is 23.0 Å². The Morgan fingerprint density at radius 1 is 1.47 bits per heavy atom. The van der Waals surface area contributed by atoms with Crippen LogP contribution >= 0.6 is 11.6 Å². The number of anilines is 2. The molecule has 0 aromatic heterocycles. The van der Waals surface area contributed by atoms with E-state index < -0.39 is 10.0 Å². The Balaban J connectivity index is 2.66. The molecule has 0 heterocycles. The van der Waals surface area contributed by atoms with Gasteiger partial charge in [-0.05, 0) is 25.1 Å². The molecule has 1 aromatic rings. The molecule has 0 bridgehead atoms. The van der Waals surface area contributed by atoms with E-state index in [-0.39, 0.29) is 12.4 Å². The Morgan fingerprint density at radius 3 is 2.76 bits per heavy atom. The van der Waals surface area contributed by atoms with E-state index in [1.165, 1.54) is 6.07 Å². The molecule has 0 aliphatic rings. The van der Waals surface area contributed by atoms with Crippen LogP contribution in [0.4, 0.5) is 11.4 Å². The van der Waals surface area contributed by atoms with Gasteiger partial charge in [0.05, 0.1) is 28.8 Å². The molecule has 0 unspecified atom stereocenters. The van der Waals surface area contributed by atoms with Crippen molar-refractivity contribution in [1.29, 1.82) is 0 Å². The molecular formula is C10H15ClN2O3S. The molecule has 0 aliphatic carbocycles. The van der Waals surface area contributed by atoms with Gasteiger partial charge in [0.2, 0.25) is 10.0 Å². The average Bonchev–Trinajstić information content (AvgIpc) is 2.23. The first-order valence-corrected chi connectivity index (χ1v) is 7.11. The number of ether oxygens (including phenoxy) is 1.